The number of halogens is 1. The lowest BCUT2D eigenvalue weighted by Gasteiger charge is -2.37. The smallest absolute Gasteiger partial charge is 0.313 e. The summed E-state index contributed by atoms with van der Waals surface area (Å²) in [7, 11) is 3.06. The number of carbonyl (C=O) groups excluding carboxylic acids is 4. The summed E-state index contributed by atoms with van der Waals surface area (Å²) in [4.78, 5) is 59.9. The van der Waals surface area contributed by atoms with E-state index in [0.717, 1.165) is 0 Å². The monoisotopic (exact) mass is 795 g/mol. The number of aliphatic hydroxyl groups excluding tert-OH is 1. The Morgan fingerprint density at radius 3 is 2.47 bits per heavy atom. The Balaban J connectivity index is 1.51. The molecule has 3 aliphatic heterocycles. The van der Waals surface area contributed by atoms with Crippen molar-refractivity contribution in [3.8, 4) is 5.75 Å². The third-order valence-corrected chi connectivity index (χ3v) is 11.2. The number of anilines is 1. The number of ether oxygens (including phenoxy) is 4. The van der Waals surface area contributed by atoms with Gasteiger partial charge in [-0.3, -0.25) is 19.2 Å². The largest absolute Gasteiger partial charge is 0.497 e. The summed E-state index contributed by atoms with van der Waals surface area (Å²) in [6.07, 6.45) is 4.29. The maximum Gasteiger partial charge on any atom is 0.313 e. The molecule has 3 saturated heterocycles. The van der Waals surface area contributed by atoms with Crippen molar-refractivity contribution in [2.45, 2.75) is 73.2 Å². The van der Waals surface area contributed by atoms with Gasteiger partial charge in [-0.05, 0) is 61.9 Å². The van der Waals surface area contributed by atoms with Crippen molar-refractivity contribution in [3.05, 3.63) is 85.5 Å². The SMILES string of the molecule is C=CCCC(=O)N[C@@H](COC)[C@@H](OC(=O)[C@@H]1[C@H]2O[C@@]3(CC2Br)[C@H](C(=O)N(CC=C)c2ccc(OC)cc2)N(CCCCCO)C(=O)[C@@H]13)c1ccccc1. The highest BCUT2D eigenvalue weighted by molar-refractivity contribution is 9.09. The van der Waals surface area contributed by atoms with Crippen LogP contribution in [0.1, 0.15) is 50.2 Å². The van der Waals surface area contributed by atoms with Crippen LogP contribution in [0.15, 0.2) is 79.9 Å². The van der Waals surface area contributed by atoms with Gasteiger partial charge in [-0.15, -0.1) is 13.2 Å². The topological polar surface area (TPSA) is 144 Å². The first-order valence-corrected chi connectivity index (χ1v) is 19.0. The highest BCUT2D eigenvalue weighted by Gasteiger charge is 2.77. The Bertz CT molecular complexity index is 1610. The first-order valence-electron chi connectivity index (χ1n) is 18.1. The fourth-order valence-electron chi connectivity index (χ4n) is 7.98. The van der Waals surface area contributed by atoms with Gasteiger partial charge >= 0.3 is 5.97 Å². The lowest BCUT2D eigenvalue weighted by atomic mass is 9.70. The molecule has 0 aliphatic carbocycles. The molecule has 0 saturated carbocycles. The maximum atomic E-state index is 14.9. The molecule has 8 atom stereocenters. The van der Waals surface area contributed by atoms with Crippen LogP contribution in [0.3, 0.4) is 0 Å². The average Bonchev–Trinajstić information content (AvgIpc) is 3.76. The second-order valence-corrected chi connectivity index (χ2v) is 14.8. The Hall–Kier alpha value is -4.04. The average molecular weight is 797 g/mol. The van der Waals surface area contributed by atoms with Gasteiger partial charge in [-0.25, -0.2) is 0 Å². The van der Waals surface area contributed by atoms with E-state index >= 15 is 0 Å². The summed E-state index contributed by atoms with van der Waals surface area (Å²) < 4.78 is 23.9. The molecule has 1 spiro atoms. The van der Waals surface area contributed by atoms with Crippen LogP contribution >= 0.6 is 15.9 Å². The Kier molecular flexibility index (Phi) is 13.9. The van der Waals surface area contributed by atoms with Crippen LogP contribution in [0, 0.1) is 11.8 Å². The van der Waals surface area contributed by atoms with Gasteiger partial charge in [-0.1, -0.05) is 58.4 Å². The van der Waals surface area contributed by atoms with E-state index in [2.05, 4.69) is 34.4 Å². The van der Waals surface area contributed by atoms with E-state index in [1.807, 2.05) is 18.2 Å². The molecule has 53 heavy (non-hydrogen) atoms. The molecule has 0 aromatic heterocycles. The summed E-state index contributed by atoms with van der Waals surface area (Å²) in [5.74, 6) is -3.05. The predicted molar refractivity (Wildman–Crippen MR) is 202 cm³/mol. The number of esters is 1. The van der Waals surface area contributed by atoms with E-state index in [0.29, 0.717) is 49.1 Å². The molecule has 3 amide bonds. The third-order valence-electron chi connectivity index (χ3n) is 10.3. The molecule has 3 heterocycles. The number of hydrogen-bond acceptors (Lipinski definition) is 9. The molecule has 1 unspecified atom stereocenters. The number of likely N-dealkylation sites (tertiary alicyclic amines) is 1. The first kappa shape index (κ1) is 40.2. The molecular weight excluding hydrogens is 746 g/mol. The van der Waals surface area contributed by atoms with Gasteiger partial charge in [0.25, 0.3) is 5.91 Å². The van der Waals surface area contributed by atoms with Crippen LogP contribution < -0.4 is 15.0 Å². The van der Waals surface area contributed by atoms with Crippen LogP contribution in [0.25, 0.3) is 0 Å². The highest BCUT2D eigenvalue weighted by atomic mass is 79.9. The molecule has 2 aromatic carbocycles. The van der Waals surface area contributed by atoms with E-state index in [9.17, 15) is 24.3 Å². The number of aliphatic hydroxyl groups is 1. The fraction of sp³-hybridized carbons (Fsp3) is 0.500. The molecule has 13 heteroatoms. The van der Waals surface area contributed by atoms with Crippen LogP contribution in [0.2, 0.25) is 0 Å². The molecule has 3 aliphatic rings. The molecule has 5 rings (SSSR count). The number of unbranched alkanes of at least 4 members (excludes halogenated alkanes) is 2. The fourth-order valence-corrected chi connectivity index (χ4v) is 8.92. The minimum atomic E-state index is -1.33. The zero-order chi connectivity index (χ0) is 38.1. The summed E-state index contributed by atoms with van der Waals surface area (Å²) in [6.45, 7) is 8.04. The first-order chi connectivity index (χ1) is 25.6. The van der Waals surface area contributed by atoms with Crippen LogP contribution in [0.5, 0.6) is 5.75 Å². The second-order valence-electron chi connectivity index (χ2n) is 13.6. The zero-order valence-corrected chi connectivity index (χ0v) is 31.9. The number of fused-ring (bicyclic) bond motifs is 1. The number of benzene rings is 2. The number of nitrogens with zero attached hydrogens (tertiary/aromatic N) is 2. The number of hydrogen-bond donors (Lipinski definition) is 2. The molecule has 2 aromatic rings. The number of alkyl halides is 1. The number of rotatable bonds is 20. The van der Waals surface area contributed by atoms with Gasteiger partial charge in [-0.2, -0.15) is 0 Å². The predicted octanol–water partition coefficient (Wildman–Crippen LogP) is 4.51. The van der Waals surface area contributed by atoms with Crippen molar-refractivity contribution in [1.29, 1.82) is 0 Å². The van der Waals surface area contributed by atoms with Crippen molar-refractivity contribution < 1.29 is 43.2 Å². The Morgan fingerprint density at radius 2 is 1.83 bits per heavy atom. The lowest BCUT2D eigenvalue weighted by Crippen LogP contribution is -2.57. The van der Waals surface area contributed by atoms with Gasteiger partial charge in [0.05, 0.1) is 37.7 Å². The zero-order valence-electron chi connectivity index (χ0n) is 30.4. The summed E-state index contributed by atoms with van der Waals surface area (Å²) >= 11 is 3.74. The van der Waals surface area contributed by atoms with E-state index in [1.165, 1.54) is 7.11 Å². The summed E-state index contributed by atoms with van der Waals surface area (Å²) in [5.41, 5.74) is -0.101. The van der Waals surface area contributed by atoms with Crippen LogP contribution in [-0.2, 0) is 33.4 Å². The van der Waals surface area contributed by atoms with Crippen molar-refractivity contribution in [1.82, 2.24) is 10.2 Å². The maximum absolute atomic E-state index is 14.9. The van der Waals surface area contributed by atoms with Crippen molar-refractivity contribution >= 4 is 45.3 Å². The van der Waals surface area contributed by atoms with Crippen LogP contribution in [0.4, 0.5) is 5.69 Å². The summed E-state index contributed by atoms with van der Waals surface area (Å²) in [6, 6.07) is 14.3. The van der Waals surface area contributed by atoms with Gasteiger partial charge in [0, 0.05) is 43.7 Å². The number of allylic oxidation sites excluding steroid dienone is 1. The number of carbonyl (C=O) groups is 4. The molecule has 2 N–H and O–H groups in total. The lowest BCUT2D eigenvalue weighted by molar-refractivity contribution is -0.163. The van der Waals surface area contributed by atoms with Gasteiger partial charge in [0.2, 0.25) is 11.8 Å². The van der Waals surface area contributed by atoms with Crippen molar-refractivity contribution in [2.75, 3.05) is 45.4 Å². The van der Waals surface area contributed by atoms with Crippen molar-refractivity contribution in [3.63, 3.8) is 0 Å². The standard InChI is InChI=1S/C40H50BrN3O9/c1-5-7-16-31(46)42-30(25-50-3)34(26-14-10-8-11-15-26)52-39(49)32-33-37(47)44(22-12-9-13-23-45)36(40(33)24-29(41)35(32)53-40)38(48)43(21-6-2)27-17-19-28(51-4)20-18-27/h5-6,8,10-11,14-15,17-20,29-30,32-36,45H,1-2,7,9,12-13,16,21-25H2,3-4H3,(H,42,46)/t29?,30-,32-,33+,34-,35-,36-,40+/m0/s1. The Labute approximate surface area is 319 Å². The highest BCUT2D eigenvalue weighted by Crippen LogP contribution is 2.60. The van der Waals surface area contributed by atoms with E-state index < -0.39 is 47.7 Å². The number of nitrogens with one attached hydrogen (secondary N) is 1. The number of methoxy groups -OCH3 is 2. The minimum absolute atomic E-state index is 0.0127. The molecule has 2 bridgehead atoms. The number of amides is 3. The molecule has 286 valence electrons. The normalized spacial score (nSPS) is 25.3. The van der Waals surface area contributed by atoms with Gasteiger partial charge in [0.15, 0.2) is 0 Å². The van der Waals surface area contributed by atoms with Gasteiger partial charge < -0.3 is 39.2 Å². The molecular formula is C40H50BrN3O9. The molecule has 3 fully saturated rings. The van der Waals surface area contributed by atoms with Crippen molar-refractivity contribution in [2.24, 2.45) is 11.8 Å². The van der Waals surface area contributed by atoms with E-state index in [1.54, 1.807) is 65.5 Å². The molecule has 12 nitrogen and oxygen atoms in total. The second kappa shape index (κ2) is 18.3. The van der Waals surface area contributed by atoms with Crippen LogP contribution in [-0.4, -0.2) is 103 Å². The van der Waals surface area contributed by atoms with Gasteiger partial charge in [0.1, 0.15) is 23.5 Å². The quantitative estimate of drug-likeness (QED) is 0.0857. The Morgan fingerprint density at radius 1 is 1.09 bits per heavy atom. The summed E-state index contributed by atoms with van der Waals surface area (Å²) in [5, 5.41) is 12.4. The van der Waals surface area contributed by atoms with E-state index in [-0.39, 0.29) is 55.3 Å². The molecule has 0 radical (unpaired) electrons. The minimum Gasteiger partial charge on any atom is -0.497 e. The van der Waals surface area contributed by atoms with E-state index in [4.69, 9.17) is 18.9 Å². The third kappa shape index (κ3) is 8.38.